The van der Waals surface area contributed by atoms with Crippen LogP contribution in [0.25, 0.3) is 22.3 Å². The summed E-state index contributed by atoms with van der Waals surface area (Å²) in [5.41, 5.74) is 6.13. The van der Waals surface area contributed by atoms with Gasteiger partial charge in [-0.2, -0.15) is 0 Å². The molecule has 3 heterocycles. The quantitative estimate of drug-likeness (QED) is 0.254. The monoisotopic (exact) mass is 527 g/mol. The van der Waals surface area contributed by atoms with Crippen LogP contribution in [0.1, 0.15) is 39.1 Å². The molecule has 2 aliphatic heterocycles. The number of nitrogens with zero attached hydrogens (tertiary/aromatic N) is 1. The van der Waals surface area contributed by atoms with Gasteiger partial charge in [-0.05, 0) is 79.3 Å². The van der Waals surface area contributed by atoms with Crippen LogP contribution in [0.3, 0.4) is 0 Å². The van der Waals surface area contributed by atoms with Crippen molar-refractivity contribution < 1.29 is 14.0 Å². The second-order valence-electron chi connectivity index (χ2n) is 10.7. The van der Waals surface area contributed by atoms with Gasteiger partial charge < -0.3 is 20.0 Å². The number of piperidine rings is 1. The van der Waals surface area contributed by atoms with Crippen molar-refractivity contribution in [1.82, 2.24) is 4.90 Å². The number of amides is 2. The molecule has 6 heteroatoms. The molecule has 5 aromatic rings. The fourth-order valence-electron chi connectivity index (χ4n) is 5.81. The lowest BCUT2D eigenvalue weighted by molar-refractivity contribution is 0.0690. The molecule has 1 fully saturated rings. The molecule has 0 saturated carbocycles. The Morgan fingerprint density at radius 2 is 1.57 bits per heavy atom. The van der Waals surface area contributed by atoms with E-state index in [1.807, 2.05) is 71.6 Å². The number of hydrogen-bond donors (Lipinski definition) is 2. The van der Waals surface area contributed by atoms with Gasteiger partial charge in [0, 0.05) is 29.6 Å². The van der Waals surface area contributed by atoms with Crippen molar-refractivity contribution in [2.24, 2.45) is 5.92 Å². The summed E-state index contributed by atoms with van der Waals surface area (Å²) in [6, 6.07) is 31.5. The Kier molecular flexibility index (Phi) is 6.08. The van der Waals surface area contributed by atoms with Gasteiger partial charge >= 0.3 is 0 Å². The van der Waals surface area contributed by atoms with Crippen molar-refractivity contribution in [1.29, 1.82) is 0 Å². The summed E-state index contributed by atoms with van der Waals surface area (Å²) >= 11 is 0. The summed E-state index contributed by atoms with van der Waals surface area (Å²) in [4.78, 5) is 28.6. The molecule has 4 aromatic carbocycles. The van der Waals surface area contributed by atoms with Gasteiger partial charge in [0.05, 0.1) is 22.6 Å². The molecule has 7 rings (SSSR count). The highest BCUT2D eigenvalue weighted by Crippen LogP contribution is 2.36. The van der Waals surface area contributed by atoms with Crippen molar-refractivity contribution in [3.63, 3.8) is 0 Å². The van der Waals surface area contributed by atoms with Gasteiger partial charge in [-0.1, -0.05) is 48.5 Å². The van der Waals surface area contributed by atoms with Crippen LogP contribution in [0.15, 0.2) is 101 Å². The summed E-state index contributed by atoms with van der Waals surface area (Å²) in [5.74, 6) is 1.07. The van der Waals surface area contributed by atoms with Crippen molar-refractivity contribution >= 4 is 39.8 Å². The first-order valence-corrected chi connectivity index (χ1v) is 13.8. The average Bonchev–Trinajstić information content (AvgIpc) is 3.37. The molecule has 2 amide bonds. The van der Waals surface area contributed by atoms with Crippen molar-refractivity contribution in [2.45, 2.75) is 19.3 Å². The van der Waals surface area contributed by atoms with E-state index in [4.69, 9.17) is 4.42 Å². The van der Waals surface area contributed by atoms with Crippen LogP contribution < -0.4 is 10.6 Å². The number of benzene rings is 4. The van der Waals surface area contributed by atoms with Crippen molar-refractivity contribution in [3.05, 3.63) is 114 Å². The maximum absolute atomic E-state index is 13.4. The SMILES string of the molecule is O=C1Nc2cc(C(=O)N3CCC(Cc4ccccc4)CC3)ccc2Nc2ccc(-c3cc4ccccc4o3)cc21. The van der Waals surface area contributed by atoms with Gasteiger partial charge in [0.2, 0.25) is 0 Å². The molecule has 0 unspecified atom stereocenters. The minimum absolute atomic E-state index is 0.00384. The minimum atomic E-state index is -0.231. The number of hydrogen-bond acceptors (Lipinski definition) is 4. The Bertz CT molecular complexity index is 1700. The second-order valence-corrected chi connectivity index (χ2v) is 10.7. The van der Waals surface area contributed by atoms with Crippen molar-refractivity contribution in [2.75, 3.05) is 23.7 Å². The van der Waals surface area contributed by atoms with Gasteiger partial charge in [0.15, 0.2) is 0 Å². The zero-order chi connectivity index (χ0) is 27.1. The Morgan fingerprint density at radius 3 is 2.40 bits per heavy atom. The predicted molar refractivity (Wildman–Crippen MR) is 158 cm³/mol. The Hall–Kier alpha value is -4.84. The molecule has 0 spiro atoms. The molecule has 2 aliphatic rings. The van der Waals surface area contributed by atoms with Gasteiger partial charge in [-0.3, -0.25) is 9.59 Å². The molecule has 1 aromatic heterocycles. The maximum atomic E-state index is 13.4. The largest absolute Gasteiger partial charge is 0.456 e. The van der Waals surface area contributed by atoms with E-state index in [0.29, 0.717) is 34.2 Å². The zero-order valence-electron chi connectivity index (χ0n) is 22.0. The molecule has 0 bridgehead atoms. The number of para-hydroxylation sites is 1. The van der Waals surface area contributed by atoms with Crippen LogP contribution in [0.5, 0.6) is 0 Å². The first-order valence-electron chi connectivity index (χ1n) is 13.8. The number of anilines is 3. The highest BCUT2D eigenvalue weighted by molar-refractivity contribution is 6.13. The smallest absolute Gasteiger partial charge is 0.257 e. The van der Waals surface area contributed by atoms with E-state index < -0.39 is 0 Å². The van der Waals surface area contributed by atoms with E-state index in [-0.39, 0.29) is 11.8 Å². The molecule has 6 nitrogen and oxygen atoms in total. The second kappa shape index (κ2) is 10.0. The number of carbonyl (C=O) groups is 2. The molecular weight excluding hydrogens is 498 g/mol. The number of carbonyl (C=O) groups excluding carboxylic acids is 2. The number of furan rings is 1. The summed E-state index contributed by atoms with van der Waals surface area (Å²) in [5, 5.41) is 7.40. The first-order chi connectivity index (χ1) is 19.6. The molecule has 198 valence electrons. The predicted octanol–water partition coefficient (Wildman–Crippen LogP) is 7.50. The summed E-state index contributed by atoms with van der Waals surface area (Å²) in [7, 11) is 0. The summed E-state index contributed by atoms with van der Waals surface area (Å²) < 4.78 is 6.02. The van der Waals surface area contributed by atoms with Gasteiger partial charge in [-0.25, -0.2) is 0 Å². The zero-order valence-corrected chi connectivity index (χ0v) is 22.0. The first kappa shape index (κ1) is 24.2. The highest BCUT2D eigenvalue weighted by Gasteiger charge is 2.26. The Morgan fingerprint density at radius 1 is 0.800 bits per heavy atom. The number of rotatable bonds is 4. The van der Waals surface area contributed by atoms with Crippen LogP contribution >= 0.6 is 0 Å². The number of likely N-dealkylation sites (tertiary alicyclic amines) is 1. The van der Waals surface area contributed by atoms with Crippen molar-refractivity contribution in [3.8, 4) is 11.3 Å². The van der Waals surface area contributed by atoms with Crippen LogP contribution in [-0.4, -0.2) is 29.8 Å². The van der Waals surface area contributed by atoms with E-state index in [1.54, 1.807) is 6.07 Å². The highest BCUT2D eigenvalue weighted by atomic mass is 16.3. The molecule has 2 N–H and O–H groups in total. The topological polar surface area (TPSA) is 74.6 Å². The van der Waals surface area contributed by atoms with E-state index in [0.717, 1.165) is 54.6 Å². The van der Waals surface area contributed by atoms with Gasteiger partial charge in [0.1, 0.15) is 11.3 Å². The minimum Gasteiger partial charge on any atom is -0.456 e. The maximum Gasteiger partial charge on any atom is 0.257 e. The van der Waals surface area contributed by atoms with E-state index in [9.17, 15) is 9.59 Å². The van der Waals surface area contributed by atoms with E-state index in [2.05, 4.69) is 34.9 Å². The lowest BCUT2D eigenvalue weighted by Crippen LogP contribution is -2.38. The number of nitrogens with one attached hydrogen (secondary N) is 2. The molecule has 40 heavy (non-hydrogen) atoms. The lowest BCUT2D eigenvalue weighted by atomic mass is 9.90. The van der Waals surface area contributed by atoms with Crippen LogP contribution in [0.2, 0.25) is 0 Å². The fourth-order valence-corrected chi connectivity index (χ4v) is 5.81. The molecular formula is C34H29N3O3. The lowest BCUT2D eigenvalue weighted by Gasteiger charge is -2.32. The van der Waals surface area contributed by atoms with Gasteiger partial charge in [0.25, 0.3) is 11.8 Å². The Balaban J connectivity index is 1.07. The van der Waals surface area contributed by atoms with E-state index in [1.165, 1.54) is 5.56 Å². The molecule has 1 saturated heterocycles. The molecule has 0 atom stereocenters. The van der Waals surface area contributed by atoms with Gasteiger partial charge in [-0.15, -0.1) is 0 Å². The average molecular weight is 528 g/mol. The molecule has 0 aliphatic carbocycles. The summed E-state index contributed by atoms with van der Waals surface area (Å²) in [6.07, 6.45) is 3.04. The van der Waals surface area contributed by atoms with E-state index >= 15 is 0 Å². The van der Waals surface area contributed by atoms with Crippen LogP contribution in [0, 0.1) is 5.92 Å². The third-order valence-electron chi connectivity index (χ3n) is 8.03. The van der Waals surface area contributed by atoms with Crippen LogP contribution in [-0.2, 0) is 6.42 Å². The third-order valence-corrected chi connectivity index (χ3v) is 8.03. The third kappa shape index (κ3) is 4.62. The normalized spacial score (nSPS) is 15.1. The standard InChI is InChI=1S/C34H29N3O3/c38-33-27-19-25(32-21-24-8-4-5-9-31(24)40-32)10-12-28(27)35-29-13-11-26(20-30(29)36-33)34(39)37-16-14-23(15-17-37)18-22-6-2-1-3-7-22/h1-13,19-21,23,35H,14-18H2,(H,36,38). The fraction of sp³-hybridized carbons (Fsp3) is 0.176. The number of fused-ring (bicyclic) bond motifs is 3. The molecule has 0 radical (unpaired) electrons. The van der Waals surface area contributed by atoms with Crippen LogP contribution in [0.4, 0.5) is 17.1 Å². The summed E-state index contributed by atoms with van der Waals surface area (Å²) in [6.45, 7) is 1.49. The Labute approximate surface area is 232 Å².